The standard InChI is InChI=1S/C17H12ClFN2O/c18-16-4-2-1-3-15(16)17(22,13-9-20-11-21-10-13)12-5-7-14(19)8-6-12/h1-11,22H/t17-/m0/s1. The second-order valence-corrected chi connectivity index (χ2v) is 5.23. The lowest BCUT2D eigenvalue weighted by Gasteiger charge is -2.30. The molecular formula is C17H12ClFN2O. The van der Waals surface area contributed by atoms with E-state index in [0.29, 0.717) is 21.7 Å². The normalized spacial score (nSPS) is 13.6. The second-order valence-electron chi connectivity index (χ2n) is 4.82. The van der Waals surface area contributed by atoms with Gasteiger partial charge in [0.05, 0.1) is 0 Å². The minimum Gasteiger partial charge on any atom is -0.376 e. The van der Waals surface area contributed by atoms with Gasteiger partial charge in [-0.3, -0.25) is 0 Å². The lowest BCUT2D eigenvalue weighted by molar-refractivity contribution is 0.125. The summed E-state index contributed by atoms with van der Waals surface area (Å²) in [6.07, 6.45) is 4.40. The van der Waals surface area contributed by atoms with Crippen molar-refractivity contribution in [3.8, 4) is 0 Å². The monoisotopic (exact) mass is 314 g/mol. The molecule has 1 atom stereocenters. The third-order valence-electron chi connectivity index (χ3n) is 3.50. The van der Waals surface area contributed by atoms with Crippen molar-refractivity contribution in [3.63, 3.8) is 0 Å². The van der Waals surface area contributed by atoms with E-state index in [1.54, 1.807) is 24.3 Å². The van der Waals surface area contributed by atoms with Crippen molar-refractivity contribution >= 4 is 11.6 Å². The fourth-order valence-corrected chi connectivity index (χ4v) is 2.68. The number of hydrogen-bond acceptors (Lipinski definition) is 3. The van der Waals surface area contributed by atoms with Crippen molar-refractivity contribution in [1.82, 2.24) is 9.97 Å². The molecule has 0 amide bonds. The third kappa shape index (κ3) is 2.47. The molecule has 2 aromatic carbocycles. The van der Waals surface area contributed by atoms with E-state index in [-0.39, 0.29) is 5.82 Å². The van der Waals surface area contributed by atoms with E-state index in [4.69, 9.17) is 11.6 Å². The molecule has 0 unspecified atom stereocenters. The Labute approximate surface area is 132 Å². The maximum atomic E-state index is 13.2. The van der Waals surface area contributed by atoms with Crippen LogP contribution in [0.15, 0.2) is 67.3 Å². The quantitative estimate of drug-likeness (QED) is 0.804. The highest BCUT2D eigenvalue weighted by Gasteiger charge is 2.36. The zero-order valence-electron chi connectivity index (χ0n) is 11.4. The van der Waals surface area contributed by atoms with Crippen molar-refractivity contribution in [3.05, 3.63) is 94.8 Å². The van der Waals surface area contributed by atoms with E-state index in [9.17, 15) is 9.50 Å². The average Bonchev–Trinajstić information content (AvgIpc) is 2.56. The first-order chi connectivity index (χ1) is 10.6. The molecule has 0 bridgehead atoms. The van der Waals surface area contributed by atoms with Gasteiger partial charge in [-0.15, -0.1) is 0 Å². The van der Waals surface area contributed by atoms with Gasteiger partial charge in [0.2, 0.25) is 0 Å². The molecule has 0 aliphatic carbocycles. The minimum atomic E-state index is -1.56. The van der Waals surface area contributed by atoms with Crippen LogP contribution in [0.1, 0.15) is 16.7 Å². The van der Waals surface area contributed by atoms with Crippen LogP contribution >= 0.6 is 11.6 Å². The summed E-state index contributed by atoms with van der Waals surface area (Å²) in [5, 5.41) is 11.8. The number of rotatable bonds is 3. The Morgan fingerprint density at radius 3 is 2.18 bits per heavy atom. The number of aromatic nitrogens is 2. The Hall–Kier alpha value is -2.30. The Bertz CT molecular complexity index is 780. The van der Waals surface area contributed by atoms with Crippen LogP contribution in [0.2, 0.25) is 5.02 Å². The van der Waals surface area contributed by atoms with Gasteiger partial charge in [0, 0.05) is 28.5 Å². The third-order valence-corrected chi connectivity index (χ3v) is 3.83. The number of hydrogen-bond donors (Lipinski definition) is 1. The zero-order valence-corrected chi connectivity index (χ0v) is 12.2. The first kappa shape index (κ1) is 14.6. The van der Waals surface area contributed by atoms with Crippen LogP contribution < -0.4 is 0 Å². The van der Waals surface area contributed by atoms with E-state index in [0.717, 1.165) is 0 Å². The molecule has 1 N–H and O–H groups in total. The summed E-state index contributed by atoms with van der Waals surface area (Å²) in [5.74, 6) is -0.380. The molecule has 0 radical (unpaired) electrons. The van der Waals surface area contributed by atoms with Crippen molar-refractivity contribution in [2.45, 2.75) is 5.60 Å². The zero-order chi connectivity index (χ0) is 15.6. The summed E-state index contributed by atoms with van der Waals surface area (Å²) >= 11 is 6.26. The molecule has 0 saturated heterocycles. The first-order valence-electron chi connectivity index (χ1n) is 6.61. The van der Waals surface area contributed by atoms with Gasteiger partial charge in [0.25, 0.3) is 0 Å². The maximum absolute atomic E-state index is 13.2. The highest BCUT2D eigenvalue weighted by Crippen LogP contribution is 2.39. The van der Waals surface area contributed by atoms with Crippen LogP contribution in [0.4, 0.5) is 4.39 Å². The molecule has 22 heavy (non-hydrogen) atoms. The van der Waals surface area contributed by atoms with Gasteiger partial charge in [-0.25, -0.2) is 14.4 Å². The van der Waals surface area contributed by atoms with Gasteiger partial charge < -0.3 is 5.11 Å². The van der Waals surface area contributed by atoms with Crippen molar-refractivity contribution in [2.24, 2.45) is 0 Å². The molecule has 0 aliphatic heterocycles. The van der Waals surface area contributed by atoms with E-state index in [1.165, 1.54) is 43.0 Å². The Morgan fingerprint density at radius 2 is 1.55 bits per heavy atom. The number of benzene rings is 2. The van der Waals surface area contributed by atoms with Crippen molar-refractivity contribution in [2.75, 3.05) is 0 Å². The number of nitrogens with zero attached hydrogens (tertiary/aromatic N) is 2. The summed E-state index contributed by atoms with van der Waals surface area (Å²) in [6.45, 7) is 0. The van der Waals surface area contributed by atoms with Crippen LogP contribution in [0.3, 0.4) is 0 Å². The maximum Gasteiger partial charge on any atom is 0.144 e. The minimum absolute atomic E-state index is 0.380. The predicted molar refractivity (Wildman–Crippen MR) is 82.0 cm³/mol. The van der Waals surface area contributed by atoms with Crippen molar-refractivity contribution < 1.29 is 9.50 Å². The molecular weight excluding hydrogens is 303 g/mol. The lowest BCUT2D eigenvalue weighted by Crippen LogP contribution is -2.29. The first-order valence-corrected chi connectivity index (χ1v) is 6.99. The van der Waals surface area contributed by atoms with Crippen LogP contribution in [0, 0.1) is 5.82 Å². The van der Waals surface area contributed by atoms with E-state index < -0.39 is 5.60 Å². The number of aliphatic hydroxyl groups is 1. The largest absolute Gasteiger partial charge is 0.376 e. The molecule has 1 heterocycles. The molecule has 3 rings (SSSR count). The van der Waals surface area contributed by atoms with Crippen LogP contribution in [0.25, 0.3) is 0 Å². The smallest absolute Gasteiger partial charge is 0.144 e. The summed E-state index contributed by atoms with van der Waals surface area (Å²) in [7, 11) is 0. The van der Waals surface area contributed by atoms with Gasteiger partial charge in [0.15, 0.2) is 0 Å². The van der Waals surface area contributed by atoms with Gasteiger partial charge in [-0.05, 0) is 23.8 Å². The fraction of sp³-hybridized carbons (Fsp3) is 0.0588. The lowest BCUT2D eigenvalue weighted by atomic mass is 9.81. The number of halogens is 2. The molecule has 1 aromatic heterocycles. The topological polar surface area (TPSA) is 46.0 Å². The van der Waals surface area contributed by atoms with Gasteiger partial charge in [0.1, 0.15) is 17.7 Å². The summed E-state index contributed by atoms with van der Waals surface area (Å²) < 4.78 is 13.2. The molecule has 0 aliphatic rings. The van der Waals surface area contributed by atoms with Gasteiger partial charge in [-0.2, -0.15) is 0 Å². The predicted octanol–water partition coefficient (Wildman–Crippen LogP) is 3.55. The molecule has 110 valence electrons. The van der Waals surface area contributed by atoms with E-state index in [1.807, 2.05) is 0 Å². The summed E-state index contributed by atoms with van der Waals surface area (Å²) in [4.78, 5) is 7.92. The molecule has 3 aromatic rings. The highest BCUT2D eigenvalue weighted by molar-refractivity contribution is 6.31. The van der Waals surface area contributed by atoms with Gasteiger partial charge in [-0.1, -0.05) is 41.9 Å². The molecule has 0 saturated carbocycles. The Kier molecular flexibility index (Phi) is 3.88. The van der Waals surface area contributed by atoms with E-state index in [2.05, 4.69) is 9.97 Å². The fourth-order valence-electron chi connectivity index (χ4n) is 2.41. The van der Waals surface area contributed by atoms with Crippen molar-refractivity contribution in [1.29, 1.82) is 0 Å². The Morgan fingerprint density at radius 1 is 0.909 bits per heavy atom. The average molecular weight is 315 g/mol. The van der Waals surface area contributed by atoms with Crippen LogP contribution in [0.5, 0.6) is 0 Å². The van der Waals surface area contributed by atoms with E-state index >= 15 is 0 Å². The molecule has 0 fully saturated rings. The molecule has 3 nitrogen and oxygen atoms in total. The van der Waals surface area contributed by atoms with Gasteiger partial charge >= 0.3 is 0 Å². The summed E-state index contributed by atoms with van der Waals surface area (Å²) in [5.41, 5.74) is -0.141. The SMILES string of the molecule is O[C@@](c1ccc(F)cc1)(c1cncnc1)c1ccccc1Cl. The highest BCUT2D eigenvalue weighted by atomic mass is 35.5. The van der Waals surface area contributed by atoms with Crippen LogP contribution in [-0.4, -0.2) is 15.1 Å². The molecule has 5 heteroatoms. The molecule has 0 spiro atoms. The van der Waals surface area contributed by atoms with Crippen LogP contribution in [-0.2, 0) is 5.60 Å². The Balaban J connectivity index is 2.27. The second kappa shape index (κ2) is 5.83. The summed E-state index contributed by atoms with van der Waals surface area (Å²) in [6, 6.07) is 12.6.